The Labute approximate surface area is 134 Å². The molecule has 2 unspecified atom stereocenters. The van der Waals surface area contributed by atoms with E-state index in [0.29, 0.717) is 22.8 Å². The predicted octanol–water partition coefficient (Wildman–Crippen LogP) is 2.11. The Morgan fingerprint density at radius 2 is 2.04 bits per heavy atom. The summed E-state index contributed by atoms with van der Waals surface area (Å²) < 4.78 is 15.7. The van der Waals surface area contributed by atoms with Gasteiger partial charge in [0.2, 0.25) is 0 Å². The zero-order chi connectivity index (χ0) is 17.0. The first-order valence-corrected chi connectivity index (χ1v) is 7.26. The Morgan fingerprint density at radius 3 is 2.65 bits per heavy atom. The van der Waals surface area contributed by atoms with Gasteiger partial charge in [0.1, 0.15) is 17.4 Å². The van der Waals surface area contributed by atoms with Crippen LogP contribution in [0, 0.1) is 5.92 Å². The molecule has 23 heavy (non-hydrogen) atoms. The first-order chi connectivity index (χ1) is 11.0. The lowest BCUT2D eigenvalue weighted by Gasteiger charge is -2.30. The van der Waals surface area contributed by atoms with Crippen LogP contribution in [0.3, 0.4) is 0 Å². The van der Waals surface area contributed by atoms with E-state index in [-0.39, 0.29) is 6.61 Å². The van der Waals surface area contributed by atoms with Crippen molar-refractivity contribution in [2.24, 2.45) is 10.9 Å². The lowest BCUT2D eigenvalue weighted by atomic mass is 9.87. The summed E-state index contributed by atoms with van der Waals surface area (Å²) in [7, 11) is 3.07. The van der Waals surface area contributed by atoms with Crippen LogP contribution in [-0.2, 0) is 9.53 Å². The second-order valence-corrected chi connectivity index (χ2v) is 5.02. The van der Waals surface area contributed by atoms with Crippen LogP contribution in [0.25, 0.3) is 0 Å². The van der Waals surface area contributed by atoms with E-state index >= 15 is 0 Å². The summed E-state index contributed by atoms with van der Waals surface area (Å²) in [5, 5.41) is 2.72. The quantitative estimate of drug-likeness (QED) is 0.840. The van der Waals surface area contributed by atoms with Gasteiger partial charge in [-0.15, -0.1) is 0 Å². The van der Waals surface area contributed by atoms with E-state index in [1.165, 1.54) is 7.11 Å². The first kappa shape index (κ1) is 16.8. The number of nitrogens with zero attached hydrogens (tertiary/aromatic N) is 1. The number of hydrogen-bond acceptors (Lipinski definition) is 5. The number of hydrogen-bond donors (Lipinski definition) is 1. The highest BCUT2D eigenvalue weighted by atomic mass is 16.5. The van der Waals surface area contributed by atoms with E-state index in [9.17, 15) is 9.59 Å². The number of benzene rings is 1. The molecule has 2 rings (SSSR count). The fourth-order valence-electron chi connectivity index (χ4n) is 2.60. The third kappa shape index (κ3) is 3.44. The molecule has 0 radical (unpaired) electrons. The van der Waals surface area contributed by atoms with Crippen LogP contribution in [-0.4, -0.2) is 38.5 Å². The minimum Gasteiger partial charge on any atom is -0.497 e. The zero-order valence-corrected chi connectivity index (χ0v) is 13.6. The molecule has 0 aliphatic carbocycles. The maximum atomic E-state index is 12.3. The fourth-order valence-corrected chi connectivity index (χ4v) is 2.60. The number of carbonyl (C=O) groups excluding carboxylic acids is 2. The van der Waals surface area contributed by atoms with Crippen molar-refractivity contribution in [1.29, 1.82) is 0 Å². The summed E-state index contributed by atoms with van der Waals surface area (Å²) in [6.07, 6.45) is 0. The summed E-state index contributed by atoms with van der Waals surface area (Å²) in [5.74, 6) is -0.0183. The molecule has 0 saturated heterocycles. The van der Waals surface area contributed by atoms with Gasteiger partial charge in [0.05, 0.1) is 26.9 Å². The van der Waals surface area contributed by atoms with Crippen molar-refractivity contribution in [3.63, 3.8) is 0 Å². The molecule has 2 amide bonds. The Morgan fingerprint density at radius 1 is 1.30 bits per heavy atom. The molecular weight excluding hydrogens is 300 g/mol. The number of ether oxygens (including phenoxy) is 3. The van der Waals surface area contributed by atoms with Crippen molar-refractivity contribution in [1.82, 2.24) is 5.32 Å². The molecule has 0 bridgehead atoms. The van der Waals surface area contributed by atoms with Gasteiger partial charge in [0.15, 0.2) is 0 Å². The van der Waals surface area contributed by atoms with Crippen molar-refractivity contribution in [2.45, 2.75) is 19.9 Å². The SMILES string of the molecule is CCOC(=O)C1C(C)=NC(=O)NC1c1cc(OC)ccc1OC. The molecule has 1 aliphatic rings. The van der Waals surface area contributed by atoms with E-state index < -0.39 is 24.0 Å². The van der Waals surface area contributed by atoms with Crippen molar-refractivity contribution in [3.05, 3.63) is 23.8 Å². The highest BCUT2D eigenvalue weighted by molar-refractivity contribution is 6.08. The molecule has 124 valence electrons. The molecule has 7 nitrogen and oxygen atoms in total. The monoisotopic (exact) mass is 320 g/mol. The number of carbonyl (C=O) groups is 2. The van der Waals surface area contributed by atoms with Gasteiger partial charge in [-0.3, -0.25) is 4.79 Å². The summed E-state index contributed by atoms with van der Waals surface area (Å²) in [6.45, 7) is 3.62. The van der Waals surface area contributed by atoms with Gasteiger partial charge >= 0.3 is 12.0 Å². The summed E-state index contributed by atoms with van der Waals surface area (Å²) >= 11 is 0. The maximum absolute atomic E-state index is 12.3. The van der Waals surface area contributed by atoms with Crippen molar-refractivity contribution < 1.29 is 23.8 Å². The van der Waals surface area contributed by atoms with Crippen LogP contribution < -0.4 is 14.8 Å². The highest BCUT2D eigenvalue weighted by Crippen LogP contribution is 2.36. The van der Waals surface area contributed by atoms with Gasteiger partial charge in [-0.2, -0.15) is 0 Å². The summed E-state index contributed by atoms with van der Waals surface area (Å²) in [6, 6.07) is 4.06. The lowest BCUT2D eigenvalue weighted by Crippen LogP contribution is -2.44. The molecule has 0 fully saturated rings. The van der Waals surface area contributed by atoms with Crippen molar-refractivity contribution in [3.8, 4) is 11.5 Å². The minimum atomic E-state index is -0.714. The molecule has 1 N–H and O–H groups in total. The van der Waals surface area contributed by atoms with Crippen molar-refractivity contribution in [2.75, 3.05) is 20.8 Å². The predicted molar refractivity (Wildman–Crippen MR) is 84.1 cm³/mol. The molecule has 0 spiro atoms. The number of aliphatic imine (C=N–C) groups is 1. The van der Waals surface area contributed by atoms with E-state index in [2.05, 4.69) is 10.3 Å². The van der Waals surface area contributed by atoms with E-state index in [0.717, 1.165) is 0 Å². The molecule has 0 saturated carbocycles. The Hall–Kier alpha value is -2.57. The number of nitrogens with one attached hydrogen (secondary N) is 1. The Bertz CT molecular complexity index is 641. The Kier molecular flexibility index (Phi) is 5.20. The summed E-state index contributed by atoms with van der Waals surface area (Å²) in [4.78, 5) is 28.0. The number of methoxy groups -OCH3 is 2. The maximum Gasteiger partial charge on any atom is 0.341 e. The van der Waals surface area contributed by atoms with Gasteiger partial charge in [-0.25, -0.2) is 9.79 Å². The molecule has 7 heteroatoms. The Balaban J connectivity index is 2.51. The van der Waals surface area contributed by atoms with Crippen molar-refractivity contribution >= 4 is 17.7 Å². The van der Waals surface area contributed by atoms with Crippen LogP contribution in [0.2, 0.25) is 0 Å². The molecule has 1 aliphatic heterocycles. The molecule has 1 aromatic carbocycles. The number of rotatable bonds is 5. The minimum absolute atomic E-state index is 0.249. The smallest absolute Gasteiger partial charge is 0.341 e. The molecule has 1 heterocycles. The van der Waals surface area contributed by atoms with E-state index in [1.807, 2.05) is 0 Å². The second kappa shape index (κ2) is 7.13. The van der Waals surface area contributed by atoms with E-state index in [1.54, 1.807) is 39.2 Å². The number of esters is 1. The molecule has 2 atom stereocenters. The van der Waals surface area contributed by atoms with Gasteiger partial charge in [0.25, 0.3) is 0 Å². The normalized spacial score (nSPS) is 20.3. The standard InChI is InChI=1S/C16H20N2O5/c1-5-23-15(19)13-9(2)17-16(20)18-14(13)11-8-10(21-3)6-7-12(11)22-4/h6-8,13-14H,5H2,1-4H3,(H,18,20). The van der Waals surface area contributed by atoms with Gasteiger partial charge in [-0.1, -0.05) is 0 Å². The largest absolute Gasteiger partial charge is 0.497 e. The van der Waals surface area contributed by atoms with Crippen LogP contribution in [0.5, 0.6) is 11.5 Å². The summed E-state index contributed by atoms with van der Waals surface area (Å²) in [5.41, 5.74) is 1.04. The van der Waals surface area contributed by atoms with Crippen LogP contribution in [0.4, 0.5) is 4.79 Å². The average molecular weight is 320 g/mol. The van der Waals surface area contributed by atoms with Gasteiger partial charge in [0, 0.05) is 11.3 Å². The molecular formula is C16H20N2O5. The fraction of sp³-hybridized carbons (Fsp3) is 0.438. The third-order valence-corrected chi connectivity index (χ3v) is 3.65. The average Bonchev–Trinajstić information content (AvgIpc) is 2.53. The van der Waals surface area contributed by atoms with Gasteiger partial charge in [-0.05, 0) is 32.0 Å². The molecule has 0 aromatic heterocycles. The number of urea groups is 1. The van der Waals surface area contributed by atoms with Crippen LogP contribution >= 0.6 is 0 Å². The van der Waals surface area contributed by atoms with Crippen LogP contribution in [0.15, 0.2) is 23.2 Å². The number of amides is 2. The van der Waals surface area contributed by atoms with E-state index in [4.69, 9.17) is 14.2 Å². The zero-order valence-electron chi connectivity index (χ0n) is 13.6. The molecule has 1 aromatic rings. The topological polar surface area (TPSA) is 86.2 Å². The third-order valence-electron chi connectivity index (χ3n) is 3.65. The van der Waals surface area contributed by atoms with Gasteiger partial charge < -0.3 is 19.5 Å². The second-order valence-electron chi connectivity index (χ2n) is 5.02. The highest BCUT2D eigenvalue weighted by Gasteiger charge is 2.39. The first-order valence-electron chi connectivity index (χ1n) is 7.26. The lowest BCUT2D eigenvalue weighted by molar-refractivity contribution is -0.146. The van der Waals surface area contributed by atoms with Crippen LogP contribution in [0.1, 0.15) is 25.5 Å².